The van der Waals surface area contributed by atoms with E-state index in [9.17, 15) is 10.1 Å². The van der Waals surface area contributed by atoms with E-state index in [1.165, 1.54) is 12.5 Å². The maximum atomic E-state index is 10.8. The summed E-state index contributed by atoms with van der Waals surface area (Å²) in [7, 11) is 0. The highest BCUT2D eigenvalue weighted by molar-refractivity contribution is 5.48. The molecule has 0 bridgehead atoms. The van der Waals surface area contributed by atoms with Crippen LogP contribution in [-0.4, -0.2) is 29.0 Å². The van der Waals surface area contributed by atoms with E-state index in [0.29, 0.717) is 18.2 Å². The molecule has 0 aliphatic carbocycles. The third kappa shape index (κ3) is 2.68. The molecule has 0 amide bonds. The van der Waals surface area contributed by atoms with Crippen molar-refractivity contribution in [2.24, 2.45) is 11.7 Å². The summed E-state index contributed by atoms with van der Waals surface area (Å²) in [6, 6.07) is 3.53. The molecule has 2 atom stereocenters. The van der Waals surface area contributed by atoms with Crippen molar-refractivity contribution in [3.05, 3.63) is 27.9 Å². The Morgan fingerprint density at radius 2 is 2.32 bits per heavy atom. The van der Waals surface area contributed by atoms with Gasteiger partial charge in [-0.05, 0) is 31.7 Å². The van der Waals surface area contributed by atoms with E-state index in [4.69, 9.17) is 5.73 Å². The number of pyridine rings is 1. The van der Waals surface area contributed by atoms with Gasteiger partial charge in [0.2, 0.25) is 0 Å². The van der Waals surface area contributed by atoms with Crippen LogP contribution in [0.15, 0.2) is 12.1 Å². The van der Waals surface area contributed by atoms with Gasteiger partial charge in [0.15, 0.2) is 0 Å². The Bertz CT molecular complexity index is 478. The number of hydrogen-bond donors (Lipinski definition) is 1. The van der Waals surface area contributed by atoms with Crippen LogP contribution in [0.2, 0.25) is 0 Å². The lowest BCUT2D eigenvalue weighted by atomic mass is 9.91. The SMILES string of the molecule is Cc1nc(N2CCCC(C)C2CN)ccc1[N+](=O)[O-]. The number of nitrogens with zero attached hydrogens (tertiary/aromatic N) is 3. The average Bonchev–Trinajstić information content (AvgIpc) is 2.37. The van der Waals surface area contributed by atoms with Gasteiger partial charge in [-0.3, -0.25) is 10.1 Å². The van der Waals surface area contributed by atoms with E-state index >= 15 is 0 Å². The van der Waals surface area contributed by atoms with Crippen LogP contribution in [0.1, 0.15) is 25.5 Å². The molecule has 1 aromatic rings. The molecule has 2 heterocycles. The molecule has 0 aromatic carbocycles. The minimum Gasteiger partial charge on any atom is -0.352 e. The maximum Gasteiger partial charge on any atom is 0.290 e. The number of piperidine rings is 1. The average molecular weight is 264 g/mol. The highest BCUT2D eigenvalue weighted by atomic mass is 16.6. The smallest absolute Gasteiger partial charge is 0.290 e. The van der Waals surface area contributed by atoms with Crippen LogP contribution in [0, 0.1) is 23.0 Å². The molecule has 2 unspecified atom stereocenters. The van der Waals surface area contributed by atoms with Crippen LogP contribution in [0.25, 0.3) is 0 Å². The van der Waals surface area contributed by atoms with E-state index < -0.39 is 4.92 Å². The zero-order valence-electron chi connectivity index (χ0n) is 11.4. The number of aryl methyl sites for hydroxylation is 1. The van der Waals surface area contributed by atoms with Gasteiger partial charge in [-0.15, -0.1) is 0 Å². The minimum atomic E-state index is -0.397. The van der Waals surface area contributed by atoms with Crippen molar-refractivity contribution >= 4 is 11.5 Å². The second-order valence-corrected chi connectivity index (χ2v) is 5.15. The van der Waals surface area contributed by atoms with Crippen LogP contribution in [0.5, 0.6) is 0 Å². The first kappa shape index (κ1) is 13.7. The molecule has 6 nitrogen and oxygen atoms in total. The Labute approximate surface area is 112 Å². The number of rotatable bonds is 3. The third-order valence-corrected chi connectivity index (χ3v) is 3.89. The third-order valence-electron chi connectivity index (χ3n) is 3.89. The van der Waals surface area contributed by atoms with Crippen molar-refractivity contribution in [1.82, 2.24) is 4.98 Å². The zero-order chi connectivity index (χ0) is 14.0. The second-order valence-electron chi connectivity index (χ2n) is 5.15. The molecule has 2 N–H and O–H groups in total. The Balaban J connectivity index is 2.30. The predicted octanol–water partition coefficient (Wildman–Crippen LogP) is 1.86. The molecule has 0 radical (unpaired) electrons. The summed E-state index contributed by atoms with van der Waals surface area (Å²) < 4.78 is 0. The zero-order valence-corrected chi connectivity index (χ0v) is 11.4. The van der Waals surface area contributed by atoms with Crippen molar-refractivity contribution in [2.75, 3.05) is 18.0 Å². The van der Waals surface area contributed by atoms with E-state index in [0.717, 1.165) is 18.8 Å². The summed E-state index contributed by atoms with van der Waals surface area (Å²) in [6.45, 7) is 5.36. The van der Waals surface area contributed by atoms with Crippen molar-refractivity contribution in [3.63, 3.8) is 0 Å². The lowest BCUT2D eigenvalue weighted by Gasteiger charge is -2.40. The Morgan fingerprint density at radius 1 is 1.58 bits per heavy atom. The van der Waals surface area contributed by atoms with E-state index in [1.54, 1.807) is 13.0 Å². The topological polar surface area (TPSA) is 85.3 Å². The largest absolute Gasteiger partial charge is 0.352 e. The number of hydrogen-bond acceptors (Lipinski definition) is 5. The summed E-state index contributed by atoms with van der Waals surface area (Å²) in [5.41, 5.74) is 6.38. The van der Waals surface area contributed by atoms with Crippen LogP contribution in [-0.2, 0) is 0 Å². The first-order valence-electron chi connectivity index (χ1n) is 6.63. The molecule has 2 rings (SSSR count). The fraction of sp³-hybridized carbons (Fsp3) is 0.615. The van der Waals surface area contributed by atoms with Gasteiger partial charge in [-0.25, -0.2) is 4.98 Å². The van der Waals surface area contributed by atoms with Crippen molar-refractivity contribution in [3.8, 4) is 0 Å². The van der Waals surface area contributed by atoms with Gasteiger partial charge in [0, 0.05) is 25.2 Å². The highest BCUT2D eigenvalue weighted by Gasteiger charge is 2.28. The Morgan fingerprint density at radius 3 is 2.89 bits per heavy atom. The molecule has 19 heavy (non-hydrogen) atoms. The Kier molecular flexibility index (Phi) is 3.99. The van der Waals surface area contributed by atoms with Crippen LogP contribution >= 0.6 is 0 Å². The summed E-state index contributed by atoms with van der Waals surface area (Å²) in [5, 5.41) is 10.8. The summed E-state index contributed by atoms with van der Waals surface area (Å²) in [6.07, 6.45) is 2.28. The minimum absolute atomic E-state index is 0.0677. The maximum absolute atomic E-state index is 10.8. The molecular weight excluding hydrogens is 244 g/mol. The van der Waals surface area contributed by atoms with Gasteiger partial charge in [0.05, 0.1) is 4.92 Å². The molecule has 104 valence electrons. The predicted molar refractivity (Wildman–Crippen MR) is 74.2 cm³/mol. The summed E-state index contributed by atoms with van der Waals surface area (Å²) in [5.74, 6) is 1.32. The molecule has 1 fully saturated rings. The lowest BCUT2D eigenvalue weighted by molar-refractivity contribution is -0.385. The van der Waals surface area contributed by atoms with Crippen LogP contribution < -0.4 is 10.6 Å². The number of aromatic nitrogens is 1. The number of nitrogens with two attached hydrogens (primary N) is 1. The van der Waals surface area contributed by atoms with E-state index in [-0.39, 0.29) is 11.7 Å². The monoisotopic (exact) mass is 264 g/mol. The van der Waals surface area contributed by atoms with Gasteiger partial charge < -0.3 is 10.6 Å². The van der Waals surface area contributed by atoms with E-state index in [2.05, 4.69) is 16.8 Å². The second kappa shape index (κ2) is 5.52. The highest BCUT2D eigenvalue weighted by Crippen LogP contribution is 2.28. The normalized spacial score (nSPS) is 23.4. The molecule has 6 heteroatoms. The molecule has 1 aliphatic heterocycles. The van der Waals surface area contributed by atoms with E-state index in [1.807, 2.05) is 0 Å². The van der Waals surface area contributed by atoms with Gasteiger partial charge in [0.1, 0.15) is 11.5 Å². The molecule has 1 aromatic heterocycles. The molecule has 1 saturated heterocycles. The molecule has 1 aliphatic rings. The first-order chi connectivity index (χ1) is 9.04. The van der Waals surface area contributed by atoms with Crippen LogP contribution in [0.3, 0.4) is 0 Å². The van der Waals surface area contributed by atoms with Crippen molar-refractivity contribution in [2.45, 2.75) is 32.7 Å². The van der Waals surface area contributed by atoms with Gasteiger partial charge in [-0.1, -0.05) is 6.92 Å². The lowest BCUT2D eigenvalue weighted by Crippen LogP contribution is -2.49. The number of nitro groups is 1. The van der Waals surface area contributed by atoms with Crippen molar-refractivity contribution in [1.29, 1.82) is 0 Å². The van der Waals surface area contributed by atoms with Gasteiger partial charge in [0.25, 0.3) is 5.69 Å². The summed E-state index contributed by atoms with van der Waals surface area (Å²) in [4.78, 5) is 17.0. The quantitative estimate of drug-likeness (QED) is 0.665. The van der Waals surface area contributed by atoms with Gasteiger partial charge >= 0.3 is 0 Å². The fourth-order valence-electron chi connectivity index (χ4n) is 2.79. The van der Waals surface area contributed by atoms with Crippen LogP contribution in [0.4, 0.5) is 11.5 Å². The molecule has 0 saturated carbocycles. The van der Waals surface area contributed by atoms with Crippen molar-refractivity contribution < 1.29 is 4.92 Å². The molecule has 0 spiro atoms. The first-order valence-corrected chi connectivity index (χ1v) is 6.63. The standard InChI is InChI=1S/C13H20N4O2/c1-9-4-3-7-16(12(9)8-14)13-6-5-11(17(18)19)10(2)15-13/h5-6,9,12H,3-4,7-8,14H2,1-2H3. The Hall–Kier alpha value is -1.69. The number of anilines is 1. The molecular formula is C13H20N4O2. The summed E-state index contributed by atoms with van der Waals surface area (Å²) >= 11 is 0. The fourth-order valence-corrected chi connectivity index (χ4v) is 2.79. The van der Waals surface area contributed by atoms with Gasteiger partial charge in [-0.2, -0.15) is 0 Å².